The first-order chi connectivity index (χ1) is 14.7. The molecule has 1 amide bonds. The summed E-state index contributed by atoms with van der Waals surface area (Å²) < 4.78 is 32.8. The molecule has 5 nitrogen and oxygen atoms in total. The van der Waals surface area contributed by atoms with Crippen molar-refractivity contribution in [1.29, 1.82) is 0 Å². The number of alkyl halides is 2. The van der Waals surface area contributed by atoms with Gasteiger partial charge in [0.15, 0.2) is 0 Å². The van der Waals surface area contributed by atoms with Crippen LogP contribution in [-0.4, -0.2) is 53.6 Å². The quantitative estimate of drug-likeness (QED) is 0.348. The number of rotatable bonds is 9. The number of thiophene rings is 1. The maximum atomic E-state index is 14.1. The molecule has 0 aliphatic carbocycles. The molecule has 1 aromatic rings. The van der Waals surface area contributed by atoms with Crippen molar-refractivity contribution in [3.05, 3.63) is 34.0 Å². The van der Waals surface area contributed by atoms with Crippen molar-refractivity contribution in [2.45, 2.75) is 64.0 Å². The van der Waals surface area contributed by atoms with Crippen LogP contribution in [0.2, 0.25) is 0 Å². The van der Waals surface area contributed by atoms with Crippen LogP contribution in [0.4, 0.5) is 8.78 Å². The fourth-order valence-corrected chi connectivity index (χ4v) is 4.28. The minimum atomic E-state index is -3.40. The number of hydrogen-bond acceptors (Lipinski definition) is 5. The summed E-state index contributed by atoms with van der Waals surface area (Å²) in [6.07, 6.45) is 3.88. The van der Waals surface area contributed by atoms with Gasteiger partial charge >= 0.3 is 11.9 Å². The molecule has 2 heterocycles. The summed E-state index contributed by atoms with van der Waals surface area (Å²) in [5, 5.41) is 10.3. The Morgan fingerprint density at radius 2 is 2.19 bits per heavy atom. The highest BCUT2D eigenvalue weighted by Gasteiger charge is 2.52. The van der Waals surface area contributed by atoms with Crippen molar-refractivity contribution in [2.75, 3.05) is 13.7 Å². The topological polar surface area (TPSA) is 66.8 Å². The second-order valence-corrected chi connectivity index (χ2v) is 8.77. The molecule has 0 bridgehead atoms. The lowest BCUT2D eigenvalue weighted by Crippen LogP contribution is -2.36. The van der Waals surface area contributed by atoms with Crippen LogP contribution in [0.1, 0.15) is 54.1 Å². The molecule has 1 saturated heterocycles. The Labute approximate surface area is 186 Å². The summed E-state index contributed by atoms with van der Waals surface area (Å²) in [5.74, 6) is 0.781. The van der Waals surface area contributed by atoms with E-state index in [9.17, 15) is 23.5 Å². The molecule has 8 heteroatoms. The average Bonchev–Trinajstić information content (AvgIpc) is 3.29. The van der Waals surface area contributed by atoms with E-state index in [0.717, 1.165) is 11.3 Å². The van der Waals surface area contributed by atoms with Gasteiger partial charge in [-0.2, -0.15) is 8.78 Å². The van der Waals surface area contributed by atoms with Gasteiger partial charge in [-0.15, -0.1) is 23.2 Å². The van der Waals surface area contributed by atoms with Crippen LogP contribution in [0, 0.1) is 17.8 Å². The van der Waals surface area contributed by atoms with Gasteiger partial charge in [0.25, 0.3) is 5.91 Å². The van der Waals surface area contributed by atoms with Gasteiger partial charge in [0, 0.05) is 30.7 Å². The largest absolute Gasteiger partial charge is 0.465 e. The normalized spacial score (nSPS) is 19.9. The Hall–Kier alpha value is -2.24. The van der Waals surface area contributed by atoms with Crippen LogP contribution in [0.3, 0.4) is 0 Å². The first-order valence-corrected chi connectivity index (χ1v) is 11.2. The zero-order valence-electron chi connectivity index (χ0n) is 18.1. The van der Waals surface area contributed by atoms with Gasteiger partial charge in [0.2, 0.25) is 0 Å². The third-order valence-corrected chi connectivity index (χ3v) is 6.27. The van der Waals surface area contributed by atoms with Gasteiger partial charge in [-0.05, 0) is 30.9 Å². The Kier molecular flexibility index (Phi) is 9.20. The van der Waals surface area contributed by atoms with E-state index in [1.807, 2.05) is 13.8 Å². The third kappa shape index (κ3) is 6.88. The molecule has 0 saturated carbocycles. The number of aryl methyl sites for hydroxylation is 1. The minimum Gasteiger partial charge on any atom is -0.465 e. The van der Waals surface area contributed by atoms with E-state index in [1.165, 1.54) is 35.5 Å². The van der Waals surface area contributed by atoms with Crippen molar-refractivity contribution in [3.8, 4) is 11.8 Å². The summed E-state index contributed by atoms with van der Waals surface area (Å²) in [6.45, 7) is 3.95. The first-order valence-electron chi connectivity index (χ1n) is 10.4. The zero-order valence-corrected chi connectivity index (χ0v) is 18.9. The number of hydrogen-bond donors (Lipinski definition) is 1. The average molecular weight is 454 g/mol. The summed E-state index contributed by atoms with van der Waals surface area (Å²) in [7, 11) is 1.31. The van der Waals surface area contributed by atoms with E-state index in [0.29, 0.717) is 24.1 Å². The number of aliphatic hydroxyl groups is 1. The molecule has 0 spiro atoms. The number of carbonyl (C=O) groups excluding carboxylic acids is 2. The molecule has 1 unspecified atom stereocenters. The monoisotopic (exact) mass is 453 g/mol. The highest BCUT2D eigenvalue weighted by Crippen LogP contribution is 2.34. The van der Waals surface area contributed by atoms with Gasteiger partial charge in [0.1, 0.15) is 4.88 Å². The van der Waals surface area contributed by atoms with Crippen molar-refractivity contribution in [2.24, 2.45) is 5.92 Å². The van der Waals surface area contributed by atoms with Crippen molar-refractivity contribution >= 4 is 23.2 Å². The maximum absolute atomic E-state index is 14.1. The van der Waals surface area contributed by atoms with Crippen LogP contribution in [0.25, 0.3) is 0 Å². The van der Waals surface area contributed by atoms with E-state index in [1.54, 1.807) is 12.1 Å². The lowest BCUT2D eigenvalue weighted by Gasteiger charge is -2.22. The molecule has 1 aliphatic heterocycles. The Balaban J connectivity index is 1.96. The fraction of sp³-hybridized carbons (Fsp3) is 0.565. The van der Waals surface area contributed by atoms with Crippen LogP contribution in [-0.2, 0) is 16.0 Å². The minimum absolute atomic E-state index is 0.135. The first kappa shape index (κ1) is 25.0. The Bertz CT molecular complexity index is 855. The molecule has 2 rings (SSSR count). The van der Waals surface area contributed by atoms with Gasteiger partial charge in [-0.3, -0.25) is 4.79 Å². The predicted molar refractivity (Wildman–Crippen MR) is 116 cm³/mol. The number of aliphatic hydroxyl groups excluding tert-OH is 1. The van der Waals surface area contributed by atoms with Crippen LogP contribution in [0.15, 0.2) is 24.3 Å². The molecule has 0 radical (unpaired) electrons. The second-order valence-electron chi connectivity index (χ2n) is 7.60. The molecule has 170 valence electrons. The SMILES string of the molecule is CCC#CCC(C)[C@@H](O)/C=C/[C@H]1CC(F)(F)C(=O)N1CCCc1ccc(C(=O)OC)s1. The molecule has 3 atom stereocenters. The van der Waals surface area contributed by atoms with Crippen molar-refractivity contribution < 1.29 is 28.2 Å². The van der Waals surface area contributed by atoms with Gasteiger partial charge in [0.05, 0.1) is 19.3 Å². The fourth-order valence-electron chi connectivity index (χ4n) is 3.32. The molecule has 31 heavy (non-hydrogen) atoms. The number of methoxy groups -OCH3 is 1. The lowest BCUT2D eigenvalue weighted by molar-refractivity contribution is -0.148. The van der Waals surface area contributed by atoms with E-state index >= 15 is 0 Å². The van der Waals surface area contributed by atoms with Crippen LogP contribution < -0.4 is 0 Å². The molecule has 1 fully saturated rings. The number of nitrogens with zero attached hydrogens (tertiary/aromatic N) is 1. The van der Waals surface area contributed by atoms with Crippen molar-refractivity contribution in [1.82, 2.24) is 4.90 Å². The molecular formula is C23H29F2NO4S. The van der Waals surface area contributed by atoms with E-state index in [-0.39, 0.29) is 12.5 Å². The molecular weight excluding hydrogens is 424 g/mol. The van der Waals surface area contributed by atoms with Gasteiger partial charge in [-0.25, -0.2) is 4.79 Å². The summed E-state index contributed by atoms with van der Waals surface area (Å²) >= 11 is 1.29. The van der Waals surface area contributed by atoms with Gasteiger partial charge < -0.3 is 14.7 Å². The smallest absolute Gasteiger partial charge is 0.348 e. The number of esters is 1. The maximum Gasteiger partial charge on any atom is 0.348 e. The summed E-state index contributed by atoms with van der Waals surface area (Å²) in [5.41, 5.74) is 0. The highest BCUT2D eigenvalue weighted by atomic mass is 32.1. The van der Waals surface area contributed by atoms with Gasteiger partial charge in [-0.1, -0.05) is 26.0 Å². The molecule has 1 aliphatic rings. The van der Waals surface area contributed by atoms with Crippen molar-refractivity contribution in [3.63, 3.8) is 0 Å². The molecule has 1 aromatic heterocycles. The summed E-state index contributed by atoms with van der Waals surface area (Å²) in [4.78, 5) is 26.3. The number of amides is 1. The number of likely N-dealkylation sites (tertiary alicyclic amines) is 1. The third-order valence-electron chi connectivity index (χ3n) is 5.15. The molecule has 1 N–H and O–H groups in total. The van der Waals surface area contributed by atoms with Crippen LogP contribution in [0.5, 0.6) is 0 Å². The summed E-state index contributed by atoms with van der Waals surface area (Å²) in [6, 6.07) is 2.70. The van der Waals surface area contributed by atoms with E-state index < -0.39 is 36.4 Å². The Morgan fingerprint density at radius 1 is 1.45 bits per heavy atom. The second kappa shape index (κ2) is 11.4. The number of ether oxygens (including phenoxy) is 1. The van der Waals surface area contributed by atoms with E-state index in [2.05, 4.69) is 16.6 Å². The number of carbonyl (C=O) groups is 2. The molecule has 0 aromatic carbocycles. The Morgan fingerprint density at radius 3 is 2.87 bits per heavy atom. The van der Waals surface area contributed by atoms with Crippen LogP contribution >= 0.6 is 11.3 Å². The predicted octanol–water partition coefficient (Wildman–Crippen LogP) is 4.06. The standard InChI is InChI=1S/C23H29F2NO4S/c1-4-5-6-8-16(2)19(27)12-10-17-15-23(24,25)22(29)26(17)14-7-9-18-11-13-20(31-18)21(28)30-3/h10-13,16-17,19,27H,4,7-9,14-15H2,1-3H3/b12-10+/t16?,17-,19-/m0/s1. The highest BCUT2D eigenvalue weighted by molar-refractivity contribution is 7.13. The van der Waals surface area contributed by atoms with E-state index in [4.69, 9.17) is 0 Å². The zero-order chi connectivity index (χ0) is 23.0. The lowest BCUT2D eigenvalue weighted by atomic mass is 9.99. The number of halogens is 2.